The molecule has 1 aromatic carbocycles. The molecule has 0 amide bonds. The van der Waals surface area contributed by atoms with Gasteiger partial charge in [0.15, 0.2) is 11.5 Å². The molecule has 1 heterocycles. The Labute approximate surface area is 90.2 Å². The van der Waals surface area contributed by atoms with E-state index in [0.717, 1.165) is 23.5 Å². The van der Waals surface area contributed by atoms with Crippen molar-refractivity contribution in [1.29, 1.82) is 0 Å². The van der Waals surface area contributed by atoms with Crippen LogP contribution in [0.15, 0.2) is 18.2 Å². The molecule has 0 fully saturated rings. The molecule has 15 heavy (non-hydrogen) atoms. The maximum Gasteiger partial charge on any atom is 0.166 e. The first-order chi connectivity index (χ1) is 7.15. The summed E-state index contributed by atoms with van der Waals surface area (Å²) in [5.74, 6) is 1.61. The van der Waals surface area contributed by atoms with Crippen LogP contribution in [-0.4, -0.2) is 13.2 Å². The molecule has 1 aliphatic heterocycles. The maximum absolute atomic E-state index is 6.22. The molecule has 0 saturated carbocycles. The first-order valence-electron chi connectivity index (χ1n) is 5.33. The molecule has 0 spiro atoms. The third kappa shape index (κ3) is 1.79. The van der Waals surface area contributed by atoms with E-state index in [-0.39, 0.29) is 5.54 Å². The minimum atomic E-state index is -0.305. The van der Waals surface area contributed by atoms with Crippen molar-refractivity contribution >= 4 is 0 Å². The van der Waals surface area contributed by atoms with E-state index >= 15 is 0 Å². The highest BCUT2D eigenvalue weighted by Crippen LogP contribution is 2.41. The van der Waals surface area contributed by atoms with Crippen molar-refractivity contribution in [2.75, 3.05) is 13.2 Å². The van der Waals surface area contributed by atoms with Gasteiger partial charge in [0.2, 0.25) is 0 Å². The fourth-order valence-electron chi connectivity index (χ4n) is 1.88. The van der Waals surface area contributed by atoms with E-state index in [1.54, 1.807) is 0 Å². The number of nitrogens with two attached hydrogens (primary N) is 1. The normalized spacial score (nSPS) is 24.2. The molecule has 3 heteroatoms. The number of benzene rings is 1. The summed E-state index contributed by atoms with van der Waals surface area (Å²) in [5.41, 5.74) is 6.96. The van der Waals surface area contributed by atoms with Crippen LogP contribution in [0.5, 0.6) is 11.5 Å². The van der Waals surface area contributed by atoms with Crippen molar-refractivity contribution in [2.45, 2.75) is 25.8 Å². The molecule has 82 valence electrons. The van der Waals surface area contributed by atoms with Gasteiger partial charge in [-0.25, -0.2) is 0 Å². The SMILES string of the molecule is CCOc1cccc2c1OCCC2(C)N. The fraction of sp³-hybridized carbons (Fsp3) is 0.500. The van der Waals surface area contributed by atoms with Crippen molar-refractivity contribution in [3.63, 3.8) is 0 Å². The first-order valence-corrected chi connectivity index (χ1v) is 5.33. The third-order valence-corrected chi connectivity index (χ3v) is 2.76. The summed E-state index contributed by atoms with van der Waals surface area (Å²) in [4.78, 5) is 0. The van der Waals surface area contributed by atoms with Crippen molar-refractivity contribution in [3.05, 3.63) is 23.8 Å². The highest BCUT2D eigenvalue weighted by molar-refractivity contribution is 5.50. The molecule has 0 radical (unpaired) electrons. The molecule has 2 rings (SSSR count). The van der Waals surface area contributed by atoms with Crippen LogP contribution in [0.4, 0.5) is 0 Å². The Balaban J connectivity index is 2.46. The van der Waals surface area contributed by atoms with Crippen LogP contribution < -0.4 is 15.2 Å². The molecule has 0 aliphatic carbocycles. The van der Waals surface area contributed by atoms with Gasteiger partial charge in [0.1, 0.15) is 0 Å². The smallest absolute Gasteiger partial charge is 0.166 e. The Bertz CT molecular complexity index is 361. The number of hydrogen-bond donors (Lipinski definition) is 1. The quantitative estimate of drug-likeness (QED) is 0.807. The van der Waals surface area contributed by atoms with Gasteiger partial charge in [0, 0.05) is 17.5 Å². The molecule has 1 unspecified atom stereocenters. The minimum Gasteiger partial charge on any atom is -0.490 e. The van der Waals surface area contributed by atoms with E-state index in [1.807, 2.05) is 32.0 Å². The van der Waals surface area contributed by atoms with Gasteiger partial charge in [-0.3, -0.25) is 0 Å². The molecule has 2 N–H and O–H groups in total. The highest BCUT2D eigenvalue weighted by Gasteiger charge is 2.30. The summed E-state index contributed by atoms with van der Waals surface area (Å²) in [6, 6.07) is 5.89. The average Bonchev–Trinajstić information content (AvgIpc) is 2.19. The van der Waals surface area contributed by atoms with Gasteiger partial charge < -0.3 is 15.2 Å². The lowest BCUT2D eigenvalue weighted by Gasteiger charge is -2.32. The van der Waals surface area contributed by atoms with E-state index in [9.17, 15) is 0 Å². The molecule has 0 saturated heterocycles. The summed E-state index contributed by atoms with van der Waals surface area (Å²) in [6.45, 7) is 5.29. The van der Waals surface area contributed by atoms with E-state index in [4.69, 9.17) is 15.2 Å². The summed E-state index contributed by atoms with van der Waals surface area (Å²) in [6.07, 6.45) is 0.843. The van der Waals surface area contributed by atoms with Crippen LogP contribution in [-0.2, 0) is 5.54 Å². The molecular weight excluding hydrogens is 190 g/mol. The Morgan fingerprint density at radius 1 is 1.53 bits per heavy atom. The van der Waals surface area contributed by atoms with Gasteiger partial charge in [-0.15, -0.1) is 0 Å². The van der Waals surface area contributed by atoms with E-state index in [0.29, 0.717) is 13.2 Å². The Kier molecular flexibility index (Phi) is 2.57. The molecule has 3 nitrogen and oxygen atoms in total. The number of fused-ring (bicyclic) bond motifs is 1. The lowest BCUT2D eigenvalue weighted by molar-refractivity contribution is 0.211. The molecule has 0 bridgehead atoms. The molecule has 1 aromatic rings. The van der Waals surface area contributed by atoms with Crippen LogP contribution in [0.1, 0.15) is 25.8 Å². The zero-order valence-electron chi connectivity index (χ0n) is 9.25. The maximum atomic E-state index is 6.22. The summed E-state index contributed by atoms with van der Waals surface area (Å²) in [7, 11) is 0. The van der Waals surface area contributed by atoms with Gasteiger partial charge in [-0.2, -0.15) is 0 Å². The molecule has 1 atom stereocenters. The van der Waals surface area contributed by atoms with Crippen molar-refractivity contribution < 1.29 is 9.47 Å². The monoisotopic (exact) mass is 207 g/mol. The number of rotatable bonds is 2. The lowest BCUT2D eigenvalue weighted by Crippen LogP contribution is -2.38. The van der Waals surface area contributed by atoms with Crippen LogP contribution in [0.25, 0.3) is 0 Å². The third-order valence-electron chi connectivity index (χ3n) is 2.76. The van der Waals surface area contributed by atoms with Crippen LogP contribution >= 0.6 is 0 Å². The van der Waals surface area contributed by atoms with Crippen molar-refractivity contribution in [1.82, 2.24) is 0 Å². The van der Waals surface area contributed by atoms with Gasteiger partial charge in [-0.05, 0) is 19.9 Å². The van der Waals surface area contributed by atoms with Crippen LogP contribution in [0, 0.1) is 0 Å². The minimum absolute atomic E-state index is 0.305. The van der Waals surface area contributed by atoms with Gasteiger partial charge in [-0.1, -0.05) is 12.1 Å². The van der Waals surface area contributed by atoms with Crippen molar-refractivity contribution in [3.8, 4) is 11.5 Å². The van der Waals surface area contributed by atoms with Crippen LogP contribution in [0.2, 0.25) is 0 Å². The Morgan fingerprint density at radius 2 is 2.33 bits per heavy atom. The molecular formula is C12H17NO2. The molecule has 0 aromatic heterocycles. The number of ether oxygens (including phenoxy) is 2. The summed E-state index contributed by atoms with van der Waals surface area (Å²) in [5, 5.41) is 0. The first kappa shape index (κ1) is 10.3. The van der Waals surface area contributed by atoms with E-state index < -0.39 is 0 Å². The second kappa shape index (κ2) is 3.74. The summed E-state index contributed by atoms with van der Waals surface area (Å²) >= 11 is 0. The number of para-hydroxylation sites is 1. The zero-order chi connectivity index (χ0) is 10.9. The topological polar surface area (TPSA) is 44.5 Å². The van der Waals surface area contributed by atoms with E-state index in [2.05, 4.69) is 0 Å². The largest absolute Gasteiger partial charge is 0.490 e. The summed E-state index contributed by atoms with van der Waals surface area (Å²) < 4.78 is 11.2. The zero-order valence-corrected chi connectivity index (χ0v) is 9.25. The van der Waals surface area contributed by atoms with Crippen LogP contribution in [0.3, 0.4) is 0 Å². The number of hydrogen-bond acceptors (Lipinski definition) is 3. The average molecular weight is 207 g/mol. The Morgan fingerprint density at radius 3 is 3.07 bits per heavy atom. The second-order valence-electron chi connectivity index (χ2n) is 4.08. The standard InChI is InChI=1S/C12H17NO2/c1-3-14-10-6-4-5-9-11(10)15-8-7-12(9,2)13/h4-6H,3,7-8,13H2,1-2H3. The predicted molar refractivity (Wildman–Crippen MR) is 59.3 cm³/mol. The van der Waals surface area contributed by atoms with Crippen molar-refractivity contribution in [2.24, 2.45) is 5.73 Å². The van der Waals surface area contributed by atoms with Gasteiger partial charge >= 0.3 is 0 Å². The second-order valence-corrected chi connectivity index (χ2v) is 4.08. The van der Waals surface area contributed by atoms with Gasteiger partial charge in [0.25, 0.3) is 0 Å². The van der Waals surface area contributed by atoms with Gasteiger partial charge in [0.05, 0.1) is 13.2 Å². The fourth-order valence-corrected chi connectivity index (χ4v) is 1.88. The molecule has 1 aliphatic rings. The highest BCUT2D eigenvalue weighted by atomic mass is 16.5. The Hall–Kier alpha value is -1.22. The lowest BCUT2D eigenvalue weighted by atomic mass is 9.87. The van der Waals surface area contributed by atoms with E-state index in [1.165, 1.54) is 0 Å². The predicted octanol–water partition coefficient (Wildman–Crippen LogP) is 2.04.